The zero-order chi connectivity index (χ0) is 13.7. The van der Waals surface area contributed by atoms with Gasteiger partial charge in [-0.05, 0) is 29.6 Å². The fraction of sp³-hybridized carbons (Fsp3) is 0.833. The highest BCUT2D eigenvalue weighted by Crippen LogP contribution is 2.65. The summed E-state index contributed by atoms with van der Waals surface area (Å²) >= 11 is 0. The van der Waals surface area contributed by atoms with Crippen LogP contribution in [-0.4, -0.2) is 24.1 Å². The Hall–Kier alpha value is -1.46. The normalized spacial score (nSPS) is 40.5. The van der Waals surface area contributed by atoms with Crippen molar-refractivity contribution in [2.24, 2.45) is 28.2 Å². The number of fused-ring (bicyclic) bond motifs is 2. The summed E-state index contributed by atoms with van der Waals surface area (Å²) in [5.74, 6) is 0.312. The van der Waals surface area contributed by atoms with E-state index in [9.17, 15) is 9.59 Å². The zero-order valence-electron chi connectivity index (χ0n) is 11.1. The lowest BCUT2D eigenvalue weighted by molar-refractivity contribution is 0.123. The van der Waals surface area contributed by atoms with Gasteiger partial charge in [0.25, 0.3) is 0 Å². The van der Waals surface area contributed by atoms with Crippen molar-refractivity contribution in [3.63, 3.8) is 0 Å². The summed E-state index contributed by atoms with van der Waals surface area (Å²) in [4.78, 5) is 22.3. The Kier molecular flexibility index (Phi) is 2.72. The minimum absolute atomic E-state index is 0.0350. The lowest BCUT2D eigenvalue weighted by Gasteiger charge is -2.40. The molecule has 2 aliphatic rings. The third-order valence-corrected chi connectivity index (χ3v) is 5.46. The molecule has 0 radical (unpaired) electrons. The minimum Gasteiger partial charge on any atom is -0.352 e. The number of nitrogens with one attached hydrogen (secondary N) is 2. The van der Waals surface area contributed by atoms with Gasteiger partial charge < -0.3 is 22.1 Å². The van der Waals surface area contributed by atoms with Crippen LogP contribution in [0.5, 0.6) is 0 Å². The topological polar surface area (TPSA) is 110 Å². The molecule has 2 aliphatic carbocycles. The highest BCUT2D eigenvalue weighted by molar-refractivity contribution is 5.74. The molecule has 2 fully saturated rings. The average Bonchev–Trinajstić information content (AvgIpc) is 2.50. The maximum absolute atomic E-state index is 11.2. The molecule has 0 saturated heterocycles. The molecule has 0 aromatic heterocycles. The van der Waals surface area contributed by atoms with Gasteiger partial charge in [0.2, 0.25) is 0 Å². The number of hydrogen-bond donors (Lipinski definition) is 4. The summed E-state index contributed by atoms with van der Waals surface area (Å²) in [6, 6.07) is -1.40. The fourth-order valence-electron chi connectivity index (χ4n) is 4.13. The van der Waals surface area contributed by atoms with Gasteiger partial charge in [-0.15, -0.1) is 0 Å². The van der Waals surface area contributed by atoms with Gasteiger partial charge in [0.1, 0.15) is 0 Å². The van der Waals surface area contributed by atoms with Gasteiger partial charge >= 0.3 is 12.1 Å². The fourth-order valence-corrected chi connectivity index (χ4v) is 4.13. The van der Waals surface area contributed by atoms with E-state index in [1.165, 1.54) is 0 Å². The van der Waals surface area contributed by atoms with Crippen LogP contribution in [0.3, 0.4) is 0 Å². The Morgan fingerprint density at radius 2 is 1.67 bits per heavy atom. The molecule has 6 heteroatoms. The van der Waals surface area contributed by atoms with E-state index < -0.39 is 12.1 Å². The Balaban J connectivity index is 2.34. The van der Waals surface area contributed by atoms with Crippen LogP contribution in [0.25, 0.3) is 0 Å². The number of amides is 4. The third-order valence-electron chi connectivity index (χ3n) is 5.46. The van der Waals surface area contributed by atoms with Crippen molar-refractivity contribution in [2.75, 3.05) is 0 Å². The van der Waals surface area contributed by atoms with E-state index in [1.807, 2.05) is 0 Å². The van der Waals surface area contributed by atoms with Gasteiger partial charge in [0.15, 0.2) is 0 Å². The molecule has 0 spiro atoms. The van der Waals surface area contributed by atoms with Gasteiger partial charge in [-0.3, -0.25) is 0 Å². The molecule has 4 amide bonds. The van der Waals surface area contributed by atoms with Crippen molar-refractivity contribution >= 4 is 12.1 Å². The van der Waals surface area contributed by atoms with Crippen molar-refractivity contribution in [3.8, 4) is 0 Å². The van der Waals surface area contributed by atoms with Gasteiger partial charge in [0, 0.05) is 0 Å². The number of carbonyl (C=O) groups excluding carboxylic acids is 2. The molecule has 0 aromatic rings. The molecule has 2 rings (SSSR count). The van der Waals surface area contributed by atoms with Crippen LogP contribution in [0, 0.1) is 16.7 Å². The summed E-state index contributed by atoms with van der Waals surface area (Å²) < 4.78 is 0. The first-order valence-corrected chi connectivity index (χ1v) is 6.32. The molecule has 0 unspecified atom stereocenters. The quantitative estimate of drug-likeness (QED) is 0.576. The first-order valence-electron chi connectivity index (χ1n) is 6.32. The Morgan fingerprint density at radius 1 is 1.11 bits per heavy atom. The van der Waals surface area contributed by atoms with Crippen LogP contribution in [0.15, 0.2) is 0 Å². The lowest BCUT2D eigenvalue weighted by Crippen LogP contribution is -2.59. The van der Waals surface area contributed by atoms with E-state index in [2.05, 4.69) is 31.4 Å². The second-order valence-corrected chi connectivity index (χ2v) is 6.30. The number of urea groups is 2. The summed E-state index contributed by atoms with van der Waals surface area (Å²) in [6.07, 6.45) is 2.05. The summed E-state index contributed by atoms with van der Waals surface area (Å²) in [5.41, 5.74) is 10.5. The lowest BCUT2D eigenvalue weighted by atomic mass is 9.69. The second-order valence-electron chi connectivity index (χ2n) is 6.30. The van der Waals surface area contributed by atoms with Gasteiger partial charge in [-0.2, -0.15) is 0 Å². The van der Waals surface area contributed by atoms with E-state index in [0.29, 0.717) is 5.92 Å². The molecular formula is C12H22N4O2. The smallest absolute Gasteiger partial charge is 0.312 e. The summed E-state index contributed by atoms with van der Waals surface area (Å²) in [5, 5.41) is 5.57. The van der Waals surface area contributed by atoms with Crippen molar-refractivity contribution in [1.82, 2.24) is 10.6 Å². The molecule has 102 valence electrons. The minimum atomic E-state index is -0.555. The van der Waals surface area contributed by atoms with Gasteiger partial charge in [-0.25, -0.2) is 9.59 Å². The summed E-state index contributed by atoms with van der Waals surface area (Å²) in [7, 11) is 0. The molecule has 0 heterocycles. The predicted molar refractivity (Wildman–Crippen MR) is 67.6 cm³/mol. The number of primary amides is 2. The maximum Gasteiger partial charge on any atom is 0.312 e. The molecule has 4 atom stereocenters. The Labute approximate surface area is 107 Å². The van der Waals surface area contributed by atoms with Crippen molar-refractivity contribution in [1.29, 1.82) is 0 Å². The van der Waals surface area contributed by atoms with Crippen LogP contribution in [0.1, 0.15) is 33.6 Å². The standard InChI is InChI=1S/C12H22N4O2/c1-11(2)6-4-5-12(11,3)8(16-10(14)18)7(6)15-9(13)17/h6-8H,4-5H2,1-3H3,(H3,13,15,17)(H3,14,16,18)/t6-,7-,8-,12+/m1/s1. The van der Waals surface area contributed by atoms with E-state index in [0.717, 1.165) is 12.8 Å². The Morgan fingerprint density at radius 3 is 2.17 bits per heavy atom. The first-order chi connectivity index (χ1) is 8.20. The van der Waals surface area contributed by atoms with Gasteiger partial charge in [-0.1, -0.05) is 20.8 Å². The molecule has 0 aromatic carbocycles. The number of rotatable bonds is 2. The zero-order valence-corrected chi connectivity index (χ0v) is 11.1. The van der Waals surface area contributed by atoms with E-state index in [-0.39, 0.29) is 22.9 Å². The first kappa shape index (κ1) is 13.0. The summed E-state index contributed by atoms with van der Waals surface area (Å²) in [6.45, 7) is 6.52. The van der Waals surface area contributed by atoms with Gasteiger partial charge in [0.05, 0.1) is 12.1 Å². The largest absolute Gasteiger partial charge is 0.352 e. The van der Waals surface area contributed by atoms with Crippen molar-refractivity contribution < 1.29 is 9.59 Å². The molecular weight excluding hydrogens is 232 g/mol. The van der Waals surface area contributed by atoms with Crippen LogP contribution in [0.4, 0.5) is 9.59 Å². The highest BCUT2D eigenvalue weighted by Gasteiger charge is 2.66. The maximum atomic E-state index is 11.2. The molecule has 18 heavy (non-hydrogen) atoms. The van der Waals surface area contributed by atoms with E-state index >= 15 is 0 Å². The van der Waals surface area contributed by atoms with Crippen molar-refractivity contribution in [3.05, 3.63) is 0 Å². The van der Waals surface area contributed by atoms with Crippen molar-refractivity contribution in [2.45, 2.75) is 45.7 Å². The Bertz CT molecular complexity index is 396. The van der Waals surface area contributed by atoms with Crippen LogP contribution in [0.2, 0.25) is 0 Å². The SMILES string of the molecule is CC1(C)[C@@H]2CC[C@@]1(C)[C@H](NC(N)=O)[C@@H]2NC(N)=O. The molecule has 2 bridgehead atoms. The molecule has 0 aliphatic heterocycles. The number of nitrogens with two attached hydrogens (primary N) is 2. The van der Waals surface area contributed by atoms with Crippen LogP contribution < -0.4 is 22.1 Å². The average molecular weight is 254 g/mol. The second kappa shape index (κ2) is 3.76. The monoisotopic (exact) mass is 254 g/mol. The molecule has 2 saturated carbocycles. The molecule has 6 N–H and O–H groups in total. The number of carbonyl (C=O) groups is 2. The number of hydrogen-bond acceptors (Lipinski definition) is 2. The predicted octanol–water partition coefficient (Wildman–Crippen LogP) is 0.516. The third kappa shape index (κ3) is 1.54. The van der Waals surface area contributed by atoms with E-state index in [4.69, 9.17) is 11.5 Å². The van der Waals surface area contributed by atoms with Crippen LogP contribution in [-0.2, 0) is 0 Å². The highest BCUT2D eigenvalue weighted by atomic mass is 16.2. The van der Waals surface area contributed by atoms with E-state index in [1.54, 1.807) is 0 Å². The van der Waals surface area contributed by atoms with Crippen LogP contribution >= 0.6 is 0 Å². The molecule has 6 nitrogen and oxygen atoms in total.